The number of aryl methyl sites for hydroxylation is 2. The summed E-state index contributed by atoms with van der Waals surface area (Å²) in [4.78, 5) is 27.3. The minimum atomic E-state index is -1.14. The van der Waals surface area contributed by atoms with E-state index in [1.54, 1.807) is 10.7 Å². The third-order valence-corrected chi connectivity index (χ3v) is 3.00. The molecule has 0 unspecified atom stereocenters. The first-order chi connectivity index (χ1) is 10.1. The van der Waals surface area contributed by atoms with Crippen molar-refractivity contribution in [3.8, 4) is 0 Å². The summed E-state index contributed by atoms with van der Waals surface area (Å²) in [5, 5.41) is 15.9. The van der Waals surface area contributed by atoms with Gasteiger partial charge >= 0.3 is 5.97 Å². The van der Waals surface area contributed by atoms with E-state index in [2.05, 4.69) is 15.4 Å². The Hall–Kier alpha value is -2.70. The second-order valence-electron chi connectivity index (χ2n) is 4.35. The number of carboxylic acid groups (broad SMARTS) is 1. The molecule has 2 aromatic rings. The molecule has 0 aliphatic rings. The first kappa shape index (κ1) is 14.7. The van der Waals surface area contributed by atoms with Gasteiger partial charge < -0.3 is 10.4 Å². The number of nitrogens with one attached hydrogen (secondary N) is 1. The molecule has 2 rings (SSSR count). The van der Waals surface area contributed by atoms with Gasteiger partial charge in [0, 0.05) is 12.7 Å². The summed E-state index contributed by atoms with van der Waals surface area (Å²) in [5.74, 6) is -1.54. The van der Waals surface area contributed by atoms with Crippen molar-refractivity contribution < 1.29 is 14.7 Å². The van der Waals surface area contributed by atoms with Crippen LogP contribution >= 0.6 is 0 Å². The predicted octanol–water partition coefficient (Wildman–Crippen LogP) is 1.81. The second kappa shape index (κ2) is 6.17. The van der Waals surface area contributed by atoms with Crippen LogP contribution in [0.5, 0.6) is 0 Å². The van der Waals surface area contributed by atoms with Crippen LogP contribution in [0.1, 0.15) is 40.4 Å². The summed E-state index contributed by atoms with van der Waals surface area (Å²) in [7, 11) is 0. The lowest BCUT2D eigenvalue weighted by Gasteiger charge is -2.07. The molecule has 2 aromatic heterocycles. The molecule has 0 saturated carbocycles. The SMILES string of the molecule is CCc1cc(C(=O)Nc2ncccc2C(=O)O)n(CC)n1. The van der Waals surface area contributed by atoms with Crippen molar-refractivity contribution in [2.24, 2.45) is 0 Å². The van der Waals surface area contributed by atoms with Gasteiger partial charge in [-0.15, -0.1) is 0 Å². The number of nitrogens with zero attached hydrogens (tertiary/aromatic N) is 3. The molecule has 1 amide bonds. The summed E-state index contributed by atoms with van der Waals surface area (Å²) in [5.41, 5.74) is 1.14. The highest BCUT2D eigenvalue weighted by atomic mass is 16.4. The van der Waals surface area contributed by atoms with Gasteiger partial charge in [0.25, 0.3) is 5.91 Å². The molecule has 0 spiro atoms. The highest BCUT2D eigenvalue weighted by Crippen LogP contribution is 2.14. The summed E-state index contributed by atoms with van der Waals surface area (Å²) in [6.45, 7) is 4.38. The van der Waals surface area contributed by atoms with E-state index in [9.17, 15) is 9.59 Å². The second-order valence-corrected chi connectivity index (χ2v) is 4.35. The maximum absolute atomic E-state index is 12.3. The number of hydrogen-bond donors (Lipinski definition) is 2. The van der Waals surface area contributed by atoms with E-state index in [0.717, 1.165) is 12.1 Å². The lowest BCUT2D eigenvalue weighted by atomic mass is 10.2. The number of amides is 1. The van der Waals surface area contributed by atoms with Crippen LogP contribution in [0, 0.1) is 0 Å². The fraction of sp³-hybridized carbons (Fsp3) is 0.286. The van der Waals surface area contributed by atoms with Crippen molar-refractivity contribution in [3.05, 3.63) is 41.3 Å². The molecule has 110 valence electrons. The summed E-state index contributed by atoms with van der Waals surface area (Å²) in [6.07, 6.45) is 2.15. The first-order valence-electron chi connectivity index (χ1n) is 6.63. The number of hydrogen-bond acceptors (Lipinski definition) is 4. The maximum atomic E-state index is 12.3. The number of carbonyl (C=O) groups is 2. The fourth-order valence-corrected chi connectivity index (χ4v) is 1.92. The molecule has 0 saturated heterocycles. The molecule has 2 N–H and O–H groups in total. The van der Waals surface area contributed by atoms with E-state index >= 15 is 0 Å². The van der Waals surface area contributed by atoms with Crippen LogP contribution in [0.2, 0.25) is 0 Å². The molecular weight excluding hydrogens is 272 g/mol. The average Bonchev–Trinajstić information content (AvgIpc) is 2.91. The Kier molecular flexibility index (Phi) is 4.32. The molecule has 2 heterocycles. The molecule has 0 aliphatic carbocycles. The Morgan fingerprint density at radius 2 is 2.14 bits per heavy atom. The molecular formula is C14H16N4O3. The minimum absolute atomic E-state index is 0.0249. The number of aromatic carboxylic acids is 1. The van der Waals surface area contributed by atoms with Gasteiger partial charge in [0.15, 0.2) is 0 Å². The molecule has 0 aromatic carbocycles. The van der Waals surface area contributed by atoms with Crippen LogP contribution in [0.3, 0.4) is 0 Å². The van der Waals surface area contributed by atoms with Gasteiger partial charge in [-0.3, -0.25) is 9.48 Å². The molecule has 7 nitrogen and oxygen atoms in total. The topological polar surface area (TPSA) is 97.1 Å². The van der Waals surface area contributed by atoms with E-state index in [4.69, 9.17) is 5.11 Å². The third kappa shape index (κ3) is 3.07. The van der Waals surface area contributed by atoms with Gasteiger partial charge in [-0.2, -0.15) is 5.10 Å². The molecule has 21 heavy (non-hydrogen) atoms. The lowest BCUT2D eigenvalue weighted by Crippen LogP contribution is -2.19. The van der Waals surface area contributed by atoms with Crippen LogP contribution in [-0.4, -0.2) is 31.7 Å². The average molecular weight is 288 g/mol. The van der Waals surface area contributed by atoms with E-state index in [1.165, 1.54) is 18.3 Å². The number of carbonyl (C=O) groups excluding carboxylic acids is 1. The maximum Gasteiger partial charge on any atom is 0.339 e. The first-order valence-corrected chi connectivity index (χ1v) is 6.63. The fourth-order valence-electron chi connectivity index (χ4n) is 1.92. The van der Waals surface area contributed by atoms with Crippen molar-refractivity contribution in [1.29, 1.82) is 0 Å². The van der Waals surface area contributed by atoms with E-state index in [-0.39, 0.29) is 11.4 Å². The van der Waals surface area contributed by atoms with Crippen LogP contribution in [0.15, 0.2) is 24.4 Å². The minimum Gasteiger partial charge on any atom is -0.478 e. The van der Waals surface area contributed by atoms with Gasteiger partial charge in [0.1, 0.15) is 17.1 Å². The molecule has 0 radical (unpaired) electrons. The molecule has 7 heteroatoms. The van der Waals surface area contributed by atoms with Gasteiger partial charge in [-0.25, -0.2) is 9.78 Å². The van der Waals surface area contributed by atoms with Crippen molar-refractivity contribution in [1.82, 2.24) is 14.8 Å². The van der Waals surface area contributed by atoms with Gasteiger partial charge in [0.05, 0.1) is 5.69 Å². The number of aromatic nitrogens is 3. The Labute approximate surface area is 121 Å². The smallest absolute Gasteiger partial charge is 0.339 e. The van der Waals surface area contributed by atoms with Crippen LogP contribution in [-0.2, 0) is 13.0 Å². The van der Waals surface area contributed by atoms with Crippen molar-refractivity contribution in [2.75, 3.05) is 5.32 Å². The molecule has 0 aliphatic heterocycles. The predicted molar refractivity (Wildman–Crippen MR) is 76.4 cm³/mol. The quantitative estimate of drug-likeness (QED) is 0.874. The largest absolute Gasteiger partial charge is 0.478 e. The number of carboxylic acids is 1. The number of rotatable bonds is 5. The zero-order valence-electron chi connectivity index (χ0n) is 11.8. The molecule has 0 fully saturated rings. The lowest BCUT2D eigenvalue weighted by molar-refractivity contribution is 0.0697. The van der Waals surface area contributed by atoms with Crippen molar-refractivity contribution in [2.45, 2.75) is 26.8 Å². The molecule has 0 bridgehead atoms. The number of anilines is 1. The van der Waals surface area contributed by atoms with Gasteiger partial charge in [0.2, 0.25) is 0 Å². The zero-order chi connectivity index (χ0) is 15.4. The standard InChI is InChI=1S/C14H16N4O3/c1-3-9-8-11(18(4-2)17-9)13(19)16-12-10(14(20)21)6-5-7-15-12/h5-8H,3-4H2,1-2H3,(H,20,21)(H,15,16,19). The van der Waals surface area contributed by atoms with Crippen LogP contribution < -0.4 is 5.32 Å². The molecule has 0 atom stereocenters. The van der Waals surface area contributed by atoms with E-state index < -0.39 is 11.9 Å². The summed E-state index contributed by atoms with van der Waals surface area (Å²) < 4.78 is 1.58. The van der Waals surface area contributed by atoms with Crippen LogP contribution in [0.4, 0.5) is 5.82 Å². The Bertz CT molecular complexity index is 679. The van der Waals surface area contributed by atoms with E-state index in [0.29, 0.717) is 12.2 Å². The van der Waals surface area contributed by atoms with Crippen molar-refractivity contribution >= 4 is 17.7 Å². The van der Waals surface area contributed by atoms with Crippen molar-refractivity contribution in [3.63, 3.8) is 0 Å². The van der Waals surface area contributed by atoms with Gasteiger partial charge in [-0.1, -0.05) is 6.92 Å². The normalized spacial score (nSPS) is 10.4. The highest BCUT2D eigenvalue weighted by molar-refractivity contribution is 6.06. The zero-order valence-corrected chi connectivity index (χ0v) is 11.8. The highest BCUT2D eigenvalue weighted by Gasteiger charge is 2.18. The third-order valence-electron chi connectivity index (χ3n) is 3.00. The van der Waals surface area contributed by atoms with Gasteiger partial charge in [-0.05, 0) is 31.5 Å². The summed E-state index contributed by atoms with van der Waals surface area (Å²) in [6, 6.07) is 4.59. The van der Waals surface area contributed by atoms with E-state index in [1.807, 2.05) is 13.8 Å². The van der Waals surface area contributed by atoms with Crippen LogP contribution in [0.25, 0.3) is 0 Å². The number of pyridine rings is 1. The Morgan fingerprint density at radius 1 is 1.38 bits per heavy atom. The Morgan fingerprint density at radius 3 is 2.76 bits per heavy atom. The Balaban J connectivity index is 2.30. The summed E-state index contributed by atoms with van der Waals surface area (Å²) >= 11 is 0. The monoisotopic (exact) mass is 288 g/mol.